The van der Waals surface area contributed by atoms with Crippen LogP contribution in [0.25, 0.3) is 16.7 Å². The number of fused-ring (bicyclic) bond motifs is 1. The van der Waals surface area contributed by atoms with Crippen molar-refractivity contribution in [2.45, 2.75) is 0 Å². The Kier molecular flexibility index (Phi) is 5.01. The number of nitrogens with zero attached hydrogens (tertiary/aromatic N) is 2. The van der Waals surface area contributed by atoms with Crippen LogP contribution in [0.5, 0.6) is 0 Å². The van der Waals surface area contributed by atoms with Crippen LogP contribution in [0, 0.1) is 0 Å². The zero-order valence-electron chi connectivity index (χ0n) is 14.8. The Morgan fingerprint density at radius 1 is 1.10 bits per heavy atom. The lowest BCUT2D eigenvalue weighted by Crippen LogP contribution is -2.22. The molecule has 0 aliphatic heterocycles. The fraction of sp³-hybridized carbons (Fsp3) is 0. The van der Waals surface area contributed by atoms with E-state index < -0.39 is 11.9 Å². The molecule has 7 nitrogen and oxygen atoms in total. The van der Waals surface area contributed by atoms with Crippen LogP contribution in [0.3, 0.4) is 0 Å². The van der Waals surface area contributed by atoms with Gasteiger partial charge in [-0.2, -0.15) is 5.10 Å². The van der Waals surface area contributed by atoms with Crippen LogP contribution in [0.15, 0.2) is 80.9 Å². The number of hydrogen-bond acceptors (Lipinski definition) is 5. The van der Waals surface area contributed by atoms with E-state index in [0.29, 0.717) is 11.3 Å². The fourth-order valence-corrected chi connectivity index (χ4v) is 3.21. The van der Waals surface area contributed by atoms with Gasteiger partial charge >= 0.3 is 5.91 Å². The Morgan fingerprint density at radius 3 is 2.66 bits per heavy atom. The Balaban J connectivity index is 1.49. The van der Waals surface area contributed by atoms with Gasteiger partial charge in [0.2, 0.25) is 0 Å². The van der Waals surface area contributed by atoms with Crippen LogP contribution >= 0.6 is 15.9 Å². The molecule has 0 aliphatic rings. The zero-order valence-corrected chi connectivity index (χ0v) is 16.4. The van der Waals surface area contributed by atoms with Crippen LogP contribution in [0.4, 0.5) is 0 Å². The molecule has 0 radical (unpaired) electrons. The summed E-state index contributed by atoms with van der Waals surface area (Å²) in [5, 5.41) is 15.7. The molecule has 0 atom stereocenters. The van der Waals surface area contributed by atoms with Gasteiger partial charge in [-0.25, -0.2) is 5.43 Å². The quantitative estimate of drug-likeness (QED) is 0.372. The third-order valence-electron chi connectivity index (χ3n) is 4.23. The van der Waals surface area contributed by atoms with E-state index in [-0.39, 0.29) is 11.3 Å². The highest BCUT2D eigenvalue weighted by atomic mass is 79.9. The summed E-state index contributed by atoms with van der Waals surface area (Å²) in [7, 11) is 0. The molecule has 0 fully saturated rings. The first-order chi connectivity index (χ1) is 14.0. The summed E-state index contributed by atoms with van der Waals surface area (Å²) in [6.45, 7) is 0. The first-order valence-corrected chi connectivity index (χ1v) is 9.32. The number of aromatic carboxylic acids is 1. The number of nitrogens with one attached hydrogen (secondary N) is 1. The number of amides is 1. The minimum absolute atomic E-state index is 0.0984. The molecule has 4 aromatic rings. The lowest BCUT2D eigenvalue weighted by Gasteiger charge is -2.08. The van der Waals surface area contributed by atoms with E-state index in [0.717, 1.165) is 15.5 Å². The average Bonchev–Trinajstić information content (AvgIpc) is 3.34. The summed E-state index contributed by atoms with van der Waals surface area (Å²) in [6, 6.07) is 17.0. The van der Waals surface area contributed by atoms with Gasteiger partial charge in [0.25, 0.3) is 0 Å². The number of benzene rings is 2. The number of aromatic nitrogens is 1. The van der Waals surface area contributed by atoms with E-state index in [1.807, 2.05) is 18.2 Å². The standard InChI is InChI=1S/C21H14BrN3O4/c22-15-5-8-18-14(10-15)11-19(29-18)20(26)24-23-12-17-2-1-9-25(17)16-6-3-13(4-7-16)21(27)28/h1-12H,(H,24,26)(H,27,28)/p-1/b23-12+. The van der Waals surface area contributed by atoms with Crippen molar-refractivity contribution in [1.82, 2.24) is 9.99 Å². The van der Waals surface area contributed by atoms with Gasteiger partial charge in [-0.15, -0.1) is 0 Å². The number of carbonyl (C=O) groups excluding carboxylic acids is 2. The summed E-state index contributed by atoms with van der Waals surface area (Å²) in [5.74, 6) is -1.54. The molecule has 0 bridgehead atoms. The molecule has 144 valence electrons. The van der Waals surface area contributed by atoms with Gasteiger partial charge < -0.3 is 18.9 Å². The number of carboxylic acid groups (broad SMARTS) is 1. The predicted molar refractivity (Wildman–Crippen MR) is 109 cm³/mol. The molecule has 2 heterocycles. The Labute approximate surface area is 173 Å². The van der Waals surface area contributed by atoms with Crippen molar-refractivity contribution >= 4 is 45.0 Å². The molecular formula is C21H13BrN3O4-. The number of rotatable bonds is 5. The second-order valence-corrected chi connectivity index (χ2v) is 7.04. The Hall–Kier alpha value is -3.65. The maximum absolute atomic E-state index is 12.3. The highest BCUT2D eigenvalue weighted by Crippen LogP contribution is 2.23. The summed E-state index contributed by atoms with van der Waals surface area (Å²) in [5.41, 5.74) is 4.59. The van der Waals surface area contributed by atoms with Crippen LogP contribution in [-0.4, -0.2) is 22.7 Å². The average molecular weight is 451 g/mol. The number of carbonyl (C=O) groups is 2. The van der Waals surface area contributed by atoms with Crippen molar-refractivity contribution in [2.24, 2.45) is 5.10 Å². The second kappa shape index (κ2) is 7.76. The third-order valence-corrected chi connectivity index (χ3v) is 4.72. The van der Waals surface area contributed by atoms with Crippen molar-refractivity contribution in [2.75, 3.05) is 0 Å². The molecule has 0 unspecified atom stereocenters. The highest BCUT2D eigenvalue weighted by Gasteiger charge is 2.12. The molecule has 0 saturated carbocycles. The SMILES string of the molecule is O=C([O-])c1ccc(-n2cccc2/C=N/NC(=O)c2cc3cc(Br)ccc3o2)cc1. The van der Waals surface area contributed by atoms with Gasteiger partial charge in [0.1, 0.15) is 5.58 Å². The maximum Gasteiger partial charge on any atom is 0.307 e. The molecular weight excluding hydrogens is 438 g/mol. The smallest absolute Gasteiger partial charge is 0.307 e. The molecule has 29 heavy (non-hydrogen) atoms. The molecule has 4 rings (SSSR count). The Bertz CT molecular complexity index is 1240. The lowest BCUT2D eigenvalue weighted by atomic mass is 10.2. The van der Waals surface area contributed by atoms with Gasteiger partial charge in [0.15, 0.2) is 5.76 Å². The molecule has 0 saturated heterocycles. The molecule has 1 amide bonds. The predicted octanol–water partition coefficient (Wildman–Crippen LogP) is 3.11. The van der Waals surface area contributed by atoms with Crippen molar-refractivity contribution in [1.29, 1.82) is 0 Å². The van der Waals surface area contributed by atoms with Gasteiger partial charge in [0.05, 0.1) is 17.9 Å². The van der Waals surface area contributed by atoms with E-state index in [1.54, 1.807) is 41.1 Å². The molecule has 8 heteroatoms. The number of furan rings is 1. The van der Waals surface area contributed by atoms with E-state index in [4.69, 9.17) is 4.42 Å². The molecule has 0 aliphatic carbocycles. The summed E-state index contributed by atoms with van der Waals surface area (Å²) in [4.78, 5) is 23.2. The summed E-state index contributed by atoms with van der Waals surface area (Å²) < 4.78 is 8.22. The number of hydrazone groups is 1. The van der Waals surface area contributed by atoms with Crippen LogP contribution in [-0.2, 0) is 0 Å². The number of carboxylic acids is 1. The van der Waals surface area contributed by atoms with Crippen molar-refractivity contribution in [3.8, 4) is 5.69 Å². The number of hydrogen-bond donors (Lipinski definition) is 1. The van der Waals surface area contributed by atoms with E-state index >= 15 is 0 Å². The van der Waals surface area contributed by atoms with Crippen molar-refractivity contribution in [3.05, 3.63) is 88.4 Å². The van der Waals surface area contributed by atoms with Crippen LogP contribution in [0.1, 0.15) is 26.6 Å². The molecule has 2 aromatic carbocycles. The minimum atomic E-state index is -1.23. The van der Waals surface area contributed by atoms with Crippen molar-refractivity contribution in [3.63, 3.8) is 0 Å². The first-order valence-electron chi connectivity index (χ1n) is 8.53. The van der Waals surface area contributed by atoms with Crippen molar-refractivity contribution < 1.29 is 19.1 Å². The normalized spacial score (nSPS) is 11.2. The first kappa shape index (κ1) is 18.7. The second-order valence-electron chi connectivity index (χ2n) is 6.13. The number of halogens is 1. The highest BCUT2D eigenvalue weighted by molar-refractivity contribution is 9.10. The van der Waals surface area contributed by atoms with Gasteiger partial charge in [-0.3, -0.25) is 4.79 Å². The van der Waals surface area contributed by atoms with E-state index in [9.17, 15) is 14.7 Å². The van der Waals surface area contributed by atoms with Gasteiger partial charge in [0, 0.05) is 21.7 Å². The third kappa shape index (κ3) is 3.97. The fourth-order valence-electron chi connectivity index (χ4n) is 2.83. The summed E-state index contributed by atoms with van der Waals surface area (Å²) >= 11 is 3.38. The Morgan fingerprint density at radius 2 is 1.90 bits per heavy atom. The molecule has 1 N–H and O–H groups in total. The molecule has 2 aromatic heterocycles. The van der Waals surface area contributed by atoms with Gasteiger partial charge in [-0.05, 0) is 54.1 Å². The topological polar surface area (TPSA) is 99.7 Å². The van der Waals surface area contributed by atoms with Gasteiger partial charge in [-0.1, -0.05) is 28.1 Å². The maximum atomic E-state index is 12.3. The largest absolute Gasteiger partial charge is 0.545 e. The zero-order chi connectivity index (χ0) is 20.4. The van der Waals surface area contributed by atoms with Crippen LogP contribution in [0.2, 0.25) is 0 Å². The van der Waals surface area contributed by atoms with E-state index in [2.05, 4.69) is 26.5 Å². The minimum Gasteiger partial charge on any atom is -0.545 e. The lowest BCUT2D eigenvalue weighted by molar-refractivity contribution is -0.255. The molecule has 0 spiro atoms. The van der Waals surface area contributed by atoms with Crippen LogP contribution < -0.4 is 10.5 Å². The monoisotopic (exact) mass is 450 g/mol. The van der Waals surface area contributed by atoms with E-state index in [1.165, 1.54) is 18.3 Å². The summed E-state index contributed by atoms with van der Waals surface area (Å²) in [6.07, 6.45) is 3.29.